The van der Waals surface area contributed by atoms with Crippen molar-refractivity contribution in [2.75, 3.05) is 18.6 Å². The van der Waals surface area contributed by atoms with Crippen molar-refractivity contribution in [2.45, 2.75) is 44.0 Å². The third-order valence-electron chi connectivity index (χ3n) is 10.7. The molecule has 9 aromatic rings. The van der Waals surface area contributed by atoms with Crippen LogP contribution in [0.25, 0.3) is 66.1 Å². The van der Waals surface area contributed by atoms with Crippen molar-refractivity contribution in [1.29, 1.82) is 0 Å². The first-order valence-corrected chi connectivity index (χ1v) is 28.2. The first kappa shape index (κ1) is 48.7. The van der Waals surface area contributed by atoms with E-state index in [1.165, 1.54) is 0 Å². The number of aryl methyl sites for hydroxylation is 2. The van der Waals surface area contributed by atoms with Crippen molar-refractivity contribution >= 4 is 114 Å². The van der Waals surface area contributed by atoms with Gasteiger partial charge in [-0.3, -0.25) is 9.36 Å². The quantitative estimate of drug-likeness (QED) is 0.104. The molecule has 0 aliphatic carbocycles. The van der Waals surface area contributed by atoms with Gasteiger partial charge in [0.25, 0.3) is 5.56 Å². The van der Waals surface area contributed by atoms with Gasteiger partial charge < -0.3 is 19.3 Å². The van der Waals surface area contributed by atoms with Crippen LogP contribution in [0.15, 0.2) is 124 Å². The minimum atomic E-state index is -3.39. The molecule has 0 amide bonds. The molecule has 0 aliphatic rings. The molecule has 2 N–H and O–H groups in total. The summed E-state index contributed by atoms with van der Waals surface area (Å²) >= 11 is 20.1. The number of nitrogens with zero attached hydrogens (tertiary/aromatic N) is 4. The zero-order valence-corrected chi connectivity index (χ0v) is 41.5. The molecule has 0 atom stereocenters. The number of ether oxygens (including phenoxy) is 1. The second-order valence-electron chi connectivity index (χ2n) is 15.1. The van der Waals surface area contributed by atoms with E-state index in [1.807, 2.05) is 68.6 Å². The number of hydrogen-bond donors (Lipinski definition) is 2. The summed E-state index contributed by atoms with van der Waals surface area (Å²) in [6.45, 7) is 7.54. The second-order valence-corrected chi connectivity index (χ2v) is 26.7. The molecule has 9 rings (SSSR count). The minimum absolute atomic E-state index is 0.0129. The van der Waals surface area contributed by atoms with Gasteiger partial charge in [0.15, 0.2) is 24.8 Å². The number of aromatic nitrogens is 6. The highest BCUT2D eigenvalue weighted by molar-refractivity contribution is 8.24. The molecular formula is C46H41Cl4N6O7PS2. The summed E-state index contributed by atoms with van der Waals surface area (Å²) < 4.78 is 66.1. The third-order valence-corrected chi connectivity index (χ3v) is 14.4. The van der Waals surface area contributed by atoms with E-state index in [4.69, 9.17) is 16.3 Å². The van der Waals surface area contributed by atoms with Crippen LogP contribution in [0.5, 0.6) is 5.75 Å². The zero-order chi connectivity index (χ0) is 47.7. The molecule has 0 bridgehead atoms. The van der Waals surface area contributed by atoms with Gasteiger partial charge in [-0.05, 0) is 124 Å². The minimum Gasteiger partial charge on any atom is -0.497 e. The first-order valence-electron chi connectivity index (χ1n) is 20.1. The summed E-state index contributed by atoms with van der Waals surface area (Å²) in [5.74, 6) is 0.809. The van der Waals surface area contributed by atoms with Crippen LogP contribution < -0.4 is 10.3 Å². The van der Waals surface area contributed by atoms with E-state index >= 15 is 0 Å². The molecule has 20 heteroatoms. The number of aromatic amines is 2. The largest absolute Gasteiger partial charge is 0.497 e. The molecule has 0 radical (unpaired) electrons. The summed E-state index contributed by atoms with van der Waals surface area (Å²) in [6.07, 6.45) is 7.02. The van der Waals surface area contributed by atoms with Gasteiger partial charge in [0.05, 0.1) is 40.5 Å². The van der Waals surface area contributed by atoms with Gasteiger partial charge in [0.2, 0.25) is 0 Å². The fraction of sp³-hybridized carbons (Fsp3) is 0.174. The smallest absolute Gasteiger partial charge is 0.339 e. The van der Waals surface area contributed by atoms with E-state index in [2.05, 4.69) is 58.6 Å². The number of rotatable bonds is 9. The van der Waals surface area contributed by atoms with Crippen molar-refractivity contribution in [3.63, 3.8) is 0 Å². The number of pyridine rings is 4. The number of hydrogen-bond acceptors (Lipinski definition) is 10. The lowest BCUT2D eigenvalue weighted by Crippen LogP contribution is -2.21. The Hall–Kier alpha value is -5.25. The predicted octanol–water partition coefficient (Wildman–Crippen LogP) is 12.0. The van der Waals surface area contributed by atoms with Gasteiger partial charge in [-0.2, -0.15) is 0 Å². The van der Waals surface area contributed by atoms with Crippen LogP contribution in [0.4, 0.5) is 0 Å². The van der Waals surface area contributed by atoms with Crippen LogP contribution in [0.3, 0.4) is 0 Å². The van der Waals surface area contributed by atoms with Gasteiger partial charge in [0.1, 0.15) is 22.6 Å². The molecule has 0 saturated heterocycles. The van der Waals surface area contributed by atoms with Crippen molar-refractivity contribution in [2.24, 2.45) is 0 Å². The molecule has 0 spiro atoms. The van der Waals surface area contributed by atoms with Crippen molar-refractivity contribution < 1.29 is 26.1 Å². The molecular weight excluding hydrogens is 985 g/mol. The fourth-order valence-electron chi connectivity index (χ4n) is 7.43. The average molecular weight is 1030 g/mol. The van der Waals surface area contributed by atoms with E-state index in [0.717, 1.165) is 71.9 Å². The molecule has 0 fully saturated rings. The lowest BCUT2D eigenvalue weighted by Gasteiger charge is -2.13. The summed E-state index contributed by atoms with van der Waals surface area (Å²) in [4.78, 5) is 33.7. The number of methoxy groups -OCH3 is 1. The maximum absolute atomic E-state index is 13.5. The van der Waals surface area contributed by atoms with Gasteiger partial charge in [-0.15, -0.1) is 0 Å². The zero-order valence-electron chi connectivity index (χ0n) is 35.9. The van der Waals surface area contributed by atoms with Crippen LogP contribution in [0, 0.1) is 13.8 Å². The summed E-state index contributed by atoms with van der Waals surface area (Å²) in [5, 5.41) is 0.521. The number of sulfone groups is 2. The highest BCUT2D eigenvalue weighted by Gasteiger charge is 2.21. The Kier molecular flexibility index (Phi) is 14.4. The maximum atomic E-state index is 13.5. The summed E-state index contributed by atoms with van der Waals surface area (Å²) in [5.41, 5.74) is 8.30. The van der Waals surface area contributed by atoms with Gasteiger partial charge in [-0.25, -0.2) is 31.8 Å². The standard InChI is InChI=1S/C27H25N3O4S.C19H16ClN3O2S.Cl3OP/c1-4-35(32,33)21-7-5-6-19(13-21)23-16-30(15-18-8-10-20(34-3)11-9-18)27(31)25-24(23)22-12-17(2)14-28-26(22)29-25;1-3-26(24,25)13-6-4-5-12(8-13)15-10-21-18(20)17-16(15)14-7-11(2)9-22-19(14)23-17;1-5(2,3)4/h5-14,16H,4,15H2,1-3H3,(H,28,29);4-10H,3H2,1-2H3,(H,22,23);. The topological polar surface area (TPSA) is 187 Å². The first-order chi connectivity index (χ1) is 31.2. The highest BCUT2D eigenvalue weighted by atomic mass is 36.0. The van der Waals surface area contributed by atoms with Gasteiger partial charge >= 0.3 is 5.20 Å². The molecule has 0 aliphatic heterocycles. The average Bonchev–Trinajstić information content (AvgIpc) is 3.87. The van der Waals surface area contributed by atoms with E-state index in [-0.39, 0.29) is 22.0 Å². The monoisotopic (exact) mass is 1020 g/mol. The Morgan fingerprint density at radius 1 is 0.682 bits per heavy atom. The Morgan fingerprint density at radius 2 is 1.17 bits per heavy atom. The van der Waals surface area contributed by atoms with Crippen molar-refractivity contribution in [3.8, 4) is 28.0 Å². The molecule has 3 aromatic carbocycles. The lowest BCUT2D eigenvalue weighted by atomic mass is 10.0. The van der Waals surface area contributed by atoms with Crippen LogP contribution in [-0.4, -0.2) is 64.9 Å². The molecule has 66 heavy (non-hydrogen) atoms. The summed E-state index contributed by atoms with van der Waals surface area (Å²) in [6, 6.07) is 25.4. The third kappa shape index (κ3) is 10.6. The number of H-pyrrole nitrogens is 2. The van der Waals surface area contributed by atoms with Crippen LogP contribution in [0.1, 0.15) is 30.5 Å². The van der Waals surface area contributed by atoms with E-state index in [1.54, 1.807) is 80.5 Å². The molecule has 13 nitrogen and oxygen atoms in total. The van der Waals surface area contributed by atoms with Crippen LogP contribution in [0.2, 0.25) is 5.15 Å². The summed E-state index contributed by atoms with van der Waals surface area (Å²) in [7, 11) is -5.08. The Balaban J connectivity index is 0.000000184. The lowest BCUT2D eigenvalue weighted by molar-refractivity contribution is 0.414. The Bertz CT molecular complexity index is 3640. The maximum Gasteiger partial charge on any atom is 0.339 e. The molecule has 0 unspecified atom stereocenters. The fourth-order valence-corrected chi connectivity index (χ4v) is 9.47. The molecule has 342 valence electrons. The molecule has 0 saturated carbocycles. The van der Waals surface area contributed by atoms with E-state index < -0.39 is 24.9 Å². The normalized spacial score (nSPS) is 12.0. The highest BCUT2D eigenvalue weighted by Crippen LogP contribution is 2.61. The number of halogens is 4. The van der Waals surface area contributed by atoms with E-state index in [0.29, 0.717) is 33.3 Å². The Labute approximate surface area is 399 Å². The second kappa shape index (κ2) is 19.5. The molecule has 6 heterocycles. The molecule has 6 aromatic heterocycles. The SMILES string of the molecule is CCS(=O)(=O)c1cccc(-c2cn(Cc3ccc(OC)cc3)c(=O)c3[nH]c4ncc(C)cc4c23)c1.CCS(=O)(=O)c1cccc(-c2cnc(Cl)c3[nH]c4ncc(C)cc4c23)c1.O=P(Cl)(Cl)Cl. The van der Waals surface area contributed by atoms with E-state index in [9.17, 15) is 26.2 Å². The predicted molar refractivity (Wildman–Crippen MR) is 267 cm³/mol. The number of benzene rings is 3. The van der Waals surface area contributed by atoms with Crippen LogP contribution in [-0.2, 0) is 30.8 Å². The number of nitrogens with one attached hydrogen (secondary N) is 2. The van der Waals surface area contributed by atoms with Gasteiger partial charge in [0, 0.05) is 57.5 Å². The van der Waals surface area contributed by atoms with Gasteiger partial charge in [-0.1, -0.05) is 61.8 Å². The number of fused-ring (bicyclic) bond motifs is 6. The van der Waals surface area contributed by atoms with Crippen molar-refractivity contribution in [1.82, 2.24) is 29.5 Å². The van der Waals surface area contributed by atoms with Crippen LogP contribution >= 0.6 is 50.5 Å². The Morgan fingerprint density at radius 3 is 1.67 bits per heavy atom. The van der Waals surface area contributed by atoms with Crippen molar-refractivity contribution in [3.05, 3.63) is 142 Å².